The molecule has 0 aromatic heterocycles. The second-order valence-electron chi connectivity index (χ2n) is 14.9. The SMILES string of the molecule is Cc1ccccc1/C=C/C1CC2(C)C(CCC3C2CCC2(C)C(C(C)CCCC(C)C)CCC32)CC1=O. The average molecular weight is 503 g/mol. The van der Waals surface area contributed by atoms with Crippen LogP contribution in [-0.2, 0) is 4.79 Å². The first-order valence-corrected chi connectivity index (χ1v) is 15.9. The first-order valence-electron chi connectivity index (χ1n) is 15.9. The molecule has 204 valence electrons. The van der Waals surface area contributed by atoms with E-state index < -0.39 is 0 Å². The van der Waals surface area contributed by atoms with E-state index in [0.717, 1.165) is 48.3 Å². The predicted octanol–water partition coefficient (Wildman–Crippen LogP) is 9.92. The lowest BCUT2D eigenvalue weighted by atomic mass is 9.43. The van der Waals surface area contributed by atoms with E-state index in [1.807, 2.05) is 0 Å². The summed E-state index contributed by atoms with van der Waals surface area (Å²) in [5, 5.41) is 0. The molecule has 0 spiro atoms. The maximum atomic E-state index is 13.3. The van der Waals surface area contributed by atoms with Crippen LogP contribution < -0.4 is 0 Å². The lowest BCUT2D eigenvalue weighted by Crippen LogP contribution is -2.55. The topological polar surface area (TPSA) is 17.1 Å². The van der Waals surface area contributed by atoms with Crippen LogP contribution in [0.5, 0.6) is 0 Å². The zero-order chi connectivity index (χ0) is 26.4. The van der Waals surface area contributed by atoms with Gasteiger partial charge in [0.15, 0.2) is 0 Å². The number of benzene rings is 1. The molecule has 9 unspecified atom stereocenters. The third-order valence-corrected chi connectivity index (χ3v) is 12.5. The highest BCUT2D eigenvalue weighted by Crippen LogP contribution is 2.68. The molecule has 0 N–H and O–H groups in total. The number of Topliss-reactive ketones (excluding diaryl/α,β-unsaturated/α-hetero) is 1. The fourth-order valence-electron chi connectivity index (χ4n) is 10.4. The summed E-state index contributed by atoms with van der Waals surface area (Å²) in [6.45, 7) is 14.8. The van der Waals surface area contributed by atoms with Gasteiger partial charge in [-0.05, 0) is 115 Å². The molecule has 0 saturated heterocycles. The van der Waals surface area contributed by atoms with E-state index >= 15 is 0 Å². The summed E-state index contributed by atoms with van der Waals surface area (Å²) in [5.41, 5.74) is 3.44. The van der Waals surface area contributed by atoms with Gasteiger partial charge in [-0.25, -0.2) is 0 Å². The van der Waals surface area contributed by atoms with Gasteiger partial charge in [0.1, 0.15) is 5.78 Å². The summed E-state index contributed by atoms with van der Waals surface area (Å²) in [7, 11) is 0. The molecule has 37 heavy (non-hydrogen) atoms. The van der Waals surface area contributed by atoms with Crippen LogP contribution in [0.4, 0.5) is 0 Å². The molecule has 4 fully saturated rings. The molecule has 4 aliphatic carbocycles. The molecule has 0 radical (unpaired) electrons. The highest BCUT2D eigenvalue weighted by molar-refractivity contribution is 5.85. The van der Waals surface area contributed by atoms with Gasteiger partial charge in [0.2, 0.25) is 0 Å². The van der Waals surface area contributed by atoms with Crippen LogP contribution >= 0.6 is 0 Å². The average Bonchev–Trinajstić information content (AvgIpc) is 3.21. The van der Waals surface area contributed by atoms with Gasteiger partial charge >= 0.3 is 0 Å². The van der Waals surface area contributed by atoms with Crippen LogP contribution in [0.1, 0.15) is 116 Å². The van der Waals surface area contributed by atoms with Crippen LogP contribution in [0, 0.1) is 65.1 Å². The van der Waals surface area contributed by atoms with Gasteiger partial charge < -0.3 is 0 Å². The van der Waals surface area contributed by atoms with Crippen molar-refractivity contribution < 1.29 is 4.79 Å². The van der Waals surface area contributed by atoms with E-state index in [1.54, 1.807) is 0 Å². The zero-order valence-electron chi connectivity index (χ0n) is 24.8. The Bertz CT molecular complexity index is 988. The van der Waals surface area contributed by atoms with E-state index in [1.165, 1.54) is 68.9 Å². The van der Waals surface area contributed by atoms with Crippen molar-refractivity contribution in [2.45, 2.75) is 112 Å². The highest BCUT2D eigenvalue weighted by Gasteiger charge is 2.61. The Morgan fingerprint density at radius 1 is 0.946 bits per heavy atom. The molecule has 0 aliphatic heterocycles. The van der Waals surface area contributed by atoms with E-state index in [4.69, 9.17) is 0 Å². The van der Waals surface area contributed by atoms with Gasteiger partial charge in [-0.3, -0.25) is 4.79 Å². The van der Waals surface area contributed by atoms with E-state index in [-0.39, 0.29) is 5.92 Å². The van der Waals surface area contributed by atoms with Gasteiger partial charge in [0.05, 0.1) is 0 Å². The molecule has 1 aromatic carbocycles. The quantitative estimate of drug-likeness (QED) is 0.362. The van der Waals surface area contributed by atoms with Crippen molar-refractivity contribution in [1.29, 1.82) is 0 Å². The molecule has 4 aliphatic rings. The van der Waals surface area contributed by atoms with Crippen molar-refractivity contribution in [1.82, 2.24) is 0 Å². The smallest absolute Gasteiger partial charge is 0.140 e. The predicted molar refractivity (Wildman–Crippen MR) is 157 cm³/mol. The Morgan fingerprint density at radius 2 is 1.70 bits per heavy atom. The van der Waals surface area contributed by atoms with E-state index in [2.05, 4.69) is 78.0 Å². The van der Waals surface area contributed by atoms with Crippen LogP contribution in [0.15, 0.2) is 30.3 Å². The van der Waals surface area contributed by atoms with Gasteiger partial charge in [0.25, 0.3) is 0 Å². The maximum absolute atomic E-state index is 13.3. The van der Waals surface area contributed by atoms with Gasteiger partial charge in [-0.1, -0.05) is 90.3 Å². The normalized spacial score (nSPS) is 40.5. The lowest BCUT2D eigenvalue weighted by molar-refractivity contribution is -0.145. The van der Waals surface area contributed by atoms with Crippen molar-refractivity contribution in [3.63, 3.8) is 0 Å². The second-order valence-corrected chi connectivity index (χ2v) is 14.9. The Labute approximate surface area is 228 Å². The Kier molecular flexibility index (Phi) is 7.83. The number of fused-ring (bicyclic) bond motifs is 5. The van der Waals surface area contributed by atoms with Gasteiger partial charge in [-0.15, -0.1) is 0 Å². The maximum Gasteiger partial charge on any atom is 0.140 e. The minimum absolute atomic E-state index is 0.102. The summed E-state index contributed by atoms with van der Waals surface area (Å²) < 4.78 is 0. The summed E-state index contributed by atoms with van der Waals surface area (Å²) in [6, 6.07) is 8.56. The minimum Gasteiger partial charge on any atom is -0.299 e. The number of allylic oxidation sites excluding steroid dienone is 1. The van der Waals surface area contributed by atoms with Gasteiger partial charge in [-0.2, -0.15) is 0 Å². The van der Waals surface area contributed by atoms with Crippen LogP contribution in [0.3, 0.4) is 0 Å². The Balaban J connectivity index is 1.31. The van der Waals surface area contributed by atoms with Crippen molar-refractivity contribution in [2.75, 3.05) is 0 Å². The highest BCUT2D eigenvalue weighted by atomic mass is 16.1. The third kappa shape index (κ3) is 5.03. The number of carbonyl (C=O) groups is 1. The second kappa shape index (κ2) is 10.7. The Morgan fingerprint density at radius 3 is 2.46 bits per heavy atom. The summed E-state index contributed by atoms with van der Waals surface area (Å²) in [5.74, 6) is 6.48. The molecule has 1 nitrogen and oxygen atoms in total. The van der Waals surface area contributed by atoms with Crippen molar-refractivity contribution in [3.8, 4) is 0 Å². The molecular formula is C36H54O. The zero-order valence-corrected chi connectivity index (χ0v) is 24.8. The van der Waals surface area contributed by atoms with E-state index in [0.29, 0.717) is 22.5 Å². The van der Waals surface area contributed by atoms with Gasteiger partial charge in [0, 0.05) is 12.3 Å². The fourth-order valence-corrected chi connectivity index (χ4v) is 10.4. The lowest BCUT2D eigenvalue weighted by Gasteiger charge is -2.61. The summed E-state index contributed by atoms with van der Waals surface area (Å²) >= 11 is 0. The number of hydrogen-bond acceptors (Lipinski definition) is 1. The van der Waals surface area contributed by atoms with Crippen molar-refractivity contribution in [3.05, 3.63) is 41.5 Å². The monoisotopic (exact) mass is 502 g/mol. The molecule has 1 heteroatoms. The Hall–Kier alpha value is -1.37. The van der Waals surface area contributed by atoms with Crippen molar-refractivity contribution >= 4 is 11.9 Å². The molecular weight excluding hydrogens is 448 g/mol. The van der Waals surface area contributed by atoms with Crippen LogP contribution in [0.2, 0.25) is 0 Å². The minimum atomic E-state index is 0.102. The largest absolute Gasteiger partial charge is 0.299 e. The number of rotatable bonds is 7. The van der Waals surface area contributed by atoms with Crippen LogP contribution in [0.25, 0.3) is 6.08 Å². The standard InChI is InChI=1S/C36H54O/c1-24(2)10-9-12-26(4)31-18-19-32-30-17-16-29-22-34(37)28(15-14-27-13-8-7-11-25(27)3)23-36(29,6)33(30)20-21-35(31,32)5/h7-8,11,13-15,24,26,28-33H,9-10,12,16-23H2,1-6H3/b15-14+. The first-order chi connectivity index (χ1) is 17.6. The first kappa shape index (κ1) is 27.2. The summed E-state index contributed by atoms with van der Waals surface area (Å²) in [4.78, 5) is 13.3. The molecule has 0 bridgehead atoms. The van der Waals surface area contributed by atoms with Crippen molar-refractivity contribution in [2.24, 2.45) is 58.2 Å². The number of hydrogen-bond donors (Lipinski definition) is 0. The molecule has 9 atom stereocenters. The van der Waals surface area contributed by atoms with E-state index in [9.17, 15) is 4.79 Å². The molecule has 1 aromatic rings. The third-order valence-electron chi connectivity index (χ3n) is 12.5. The molecule has 5 rings (SSSR count). The number of ketones is 1. The molecule has 0 amide bonds. The van der Waals surface area contributed by atoms with Crippen LogP contribution in [-0.4, -0.2) is 5.78 Å². The summed E-state index contributed by atoms with van der Waals surface area (Å²) in [6.07, 6.45) is 19.1. The number of aryl methyl sites for hydroxylation is 1. The molecule has 4 saturated carbocycles. The fraction of sp³-hybridized carbons (Fsp3) is 0.750. The molecule has 0 heterocycles. The number of carbonyl (C=O) groups excluding carboxylic acids is 1.